The number of anilines is 1. The summed E-state index contributed by atoms with van der Waals surface area (Å²) < 4.78 is 0. The number of nitrogens with zero attached hydrogens (tertiary/aromatic N) is 1. The molecule has 1 aromatic rings. The van der Waals surface area contributed by atoms with Crippen molar-refractivity contribution in [1.82, 2.24) is 0 Å². The lowest BCUT2D eigenvalue weighted by molar-refractivity contribution is 1.48. The third-order valence-electron chi connectivity index (χ3n) is 1.12. The lowest BCUT2D eigenvalue weighted by atomic mass is 10.2. The minimum atomic E-state index is 0.635. The quantitative estimate of drug-likeness (QED) is 0.626. The first-order valence-corrected chi connectivity index (χ1v) is 3.11. The molecule has 0 atom stereocenters. The third-order valence-corrected chi connectivity index (χ3v) is 1.34. The molecule has 0 aliphatic heterocycles. The molecule has 10 heavy (non-hydrogen) atoms. The molecule has 3 heteroatoms. The van der Waals surface area contributed by atoms with Gasteiger partial charge < -0.3 is 0 Å². The summed E-state index contributed by atoms with van der Waals surface area (Å²) in [7, 11) is 0. The standard InChI is InChI=1S/C7H5ClN2/c8-10-7-3-1-6(5-9)2-4-7/h1-4,10H. The molecule has 1 N–H and O–H groups in total. The van der Waals surface area contributed by atoms with Crippen LogP contribution in [0.3, 0.4) is 0 Å². The highest BCUT2D eigenvalue weighted by Gasteiger charge is 1.88. The highest BCUT2D eigenvalue weighted by Crippen LogP contribution is 2.08. The van der Waals surface area contributed by atoms with E-state index in [9.17, 15) is 0 Å². The molecule has 2 nitrogen and oxygen atoms in total. The van der Waals surface area contributed by atoms with Crippen LogP contribution in [0.2, 0.25) is 0 Å². The van der Waals surface area contributed by atoms with Crippen LogP contribution in [-0.4, -0.2) is 0 Å². The Kier molecular flexibility index (Phi) is 2.14. The van der Waals surface area contributed by atoms with Crippen LogP contribution in [0.25, 0.3) is 0 Å². The summed E-state index contributed by atoms with van der Waals surface area (Å²) in [6, 6.07) is 8.89. The Hall–Kier alpha value is -1.20. The Morgan fingerprint density at radius 2 is 1.90 bits per heavy atom. The molecule has 0 aromatic heterocycles. The van der Waals surface area contributed by atoms with E-state index in [0.717, 1.165) is 5.69 Å². The minimum absolute atomic E-state index is 0.635. The summed E-state index contributed by atoms with van der Waals surface area (Å²) >= 11 is 5.29. The van der Waals surface area contributed by atoms with Crippen molar-refractivity contribution < 1.29 is 0 Å². The molecule has 0 aliphatic carbocycles. The van der Waals surface area contributed by atoms with E-state index >= 15 is 0 Å². The molecule has 0 unspecified atom stereocenters. The van der Waals surface area contributed by atoms with Gasteiger partial charge in [0.1, 0.15) is 0 Å². The number of halogens is 1. The van der Waals surface area contributed by atoms with Crippen molar-refractivity contribution in [3.8, 4) is 6.07 Å². The molecule has 50 valence electrons. The second-order valence-corrected chi connectivity index (χ2v) is 1.97. The second-order valence-electron chi connectivity index (χ2n) is 1.78. The monoisotopic (exact) mass is 152 g/mol. The van der Waals surface area contributed by atoms with Gasteiger partial charge in [-0.05, 0) is 24.3 Å². The summed E-state index contributed by atoms with van der Waals surface area (Å²) in [6.07, 6.45) is 0. The van der Waals surface area contributed by atoms with E-state index in [-0.39, 0.29) is 0 Å². The van der Waals surface area contributed by atoms with Crippen molar-refractivity contribution in [3.05, 3.63) is 29.8 Å². The lowest BCUT2D eigenvalue weighted by Gasteiger charge is -1.94. The van der Waals surface area contributed by atoms with Crippen LogP contribution < -0.4 is 4.84 Å². The van der Waals surface area contributed by atoms with Crippen LogP contribution >= 0.6 is 11.8 Å². The molecule has 0 saturated carbocycles. The second kappa shape index (κ2) is 3.09. The van der Waals surface area contributed by atoms with Gasteiger partial charge in [0.25, 0.3) is 0 Å². The highest BCUT2D eigenvalue weighted by atomic mass is 35.5. The van der Waals surface area contributed by atoms with Crippen LogP contribution in [0.4, 0.5) is 5.69 Å². The van der Waals surface area contributed by atoms with Crippen molar-refractivity contribution in [3.63, 3.8) is 0 Å². The van der Waals surface area contributed by atoms with Crippen molar-refractivity contribution in [1.29, 1.82) is 5.26 Å². The van der Waals surface area contributed by atoms with Crippen LogP contribution in [0.1, 0.15) is 5.56 Å². The summed E-state index contributed by atoms with van der Waals surface area (Å²) in [6.45, 7) is 0. The first-order valence-electron chi connectivity index (χ1n) is 2.73. The Bertz CT molecular complexity index is 247. The Labute approximate surface area is 64.2 Å². The van der Waals surface area contributed by atoms with Gasteiger partial charge in [0.05, 0.1) is 11.6 Å². The van der Waals surface area contributed by atoms with E-state index in [2.05, 4.69) is 4.84 Å². The van der Waals surface area contributed by atoms with Crippen molar-refractivity contribution in [2.45, 2.75) is 0 Å². The first-order chi connectivity index (χ1) is 4.86. The number of hydrogen-bond acceptors (Lipinski definition) is 2. The molecule has 0 radical (unpaired) electrons. The van der Waals surface area contributed by atoms with Gasteiger partial charge in [-0.1, -0.05) is 0 Å². The van der Waals surface area contributed by atoms with E-state index in [1.807, 2.05) is 6.07 Å². The van der Waals surface area contributed by atoms with E-state index < -0.39 is 0 Å². The summed E-state index contributed by atoms with van der Waals surface area (Å²) in [5, 5.41) is 8.40. The van der Waals surface area contributed by atoms with E-state index in [0.29, 0.717) is 5.56 Å². The SMILES string of the molecule is N#Cc1ccc(NCl)cc1. The fraction of sp³-hybridized carbons (Fsp3) is 0. The smallest absolute Gasteiger partial charge is 0.0991 e. The van der Waals surface area contributed by atoms with Gasteiger partial charge in [-0.2, -0.15) is 5.26 Å². The van der Waals surface area contributed by atoms with Crippen LogP contribution in [0.15, 0.2) is 24.3 Å². The van der Waals surface area contributed by atoms with Gasteiger partial charge in [0.2, 0.25) is 0 Å². The Balaban J connectivity index is 2.93. The van der Waals surface area contributed by atoms with E-state index in [4.69, 9.17) is 17.0 Å². The van der Waals surface area contributed by atoms with Gasteiger partial charge in [-0.3, -0.25) is 4.84 Å². The number of rotatable bonds is 1. The van der Waals surface area contributed by atoms with Gasteiger partial charge in [0.15, 0.2) is 0 Å². The number of nitriles is 1. The lowest BCUT2D eigenvalue weighted by Crippen LogP contribution is -1.79. The molecule has 0 saturated heterocycles. The fourth-order valence-electron chi connectivity index (χ4n) is 0.608. The van der Waals surface area contributed by atoms with Gasteiger partial charge in [0, 0.05) is 17.5 Å². The molecule has 0 heterocycles. The van der Waals surface area contributed by atoms with E-state index in [1.165, 1.54) is 0 Å². The largest absolute Gasteiger partial charge is 0.299 e. The maximum absolute atomic E-state index is 8.40. The molecule has 0 bridgehead atoms. The van der Waals surface area contributed by atoms with Crippen molar-refractivity contribution >= 4 is 17.5 Å². The number of nitrogens with one attached hydrogen (secondary N) is 1. The molecular formula is C7H5ClN2. The zero-order valence-electron chi connectivity index (χ0n) is 5.13. The maximum atomic E-state index is 8.40. The molecule has 1 rings (SSSR count). The average Bonchev–Trinajstić information content (AvgIpc) is 2.05. The number of hydrogen-bond donors (Lipinski definition) is 1. The minimum Gasteiger partial charge on any atom is -0.299 e. The van der Waals surface area contributed by atoms with Crippen LogP contribution in [0.5, 0.6) is 0 Å². The Morgan fingerprint density at radius 3 is 2.30 bits per heavy atom. The predicted molar refractivity (Wildman–Crippen MR) is 40.6 cm³/mol. The first kappa shape index (κ1) is 6.91. The zero-order valence-corrected chi connectivity index (χ0v) is 5.89. The van der Waals surface area contributed by atoms with Crippen molar-refractivity contribution in [2.24, 2.45) is 0 Å². The Morgan fingerprint density at radius 1 is 1.30 bits per heavy atom. The molecular weight excluding hydrogens is 148 g/mol. The molecule has 0 aliphatic rings. The highest BCUT2D eigenvalue weighted by molar-refractivity contribution is 6.23. The summed E-state index contributed by atoms with van der Waals surface area (Å²) in [5.41, 5.74) is 1.43. The van der Waals surface area contributed by atoms with Crippen molar-refractivity contribution in [2.75, 3.05) is 4.84 Å². The third kappa shape index (κ3) is 1.40. The predicted octanol–water partition coefficient (Wildman–Crippen LogP) is 2.12. The topological polar surface area (TPSA) is 35.8 Å². The summed E-state index contributed by atoms with van der Waals surface area (Å²) in [5.74, 6) is 0. The number of benzene rings is 1. The molecule has 0 fully saturated rings. The van der Waals surface area contributed by atoms with Crippen LogP contribution in [-0.2, 0) is 0 Å². The summed E-state index contributed by atoms with van der Waals surface area (Å²) in [4.78, 5) is 2.44. The molecule has 0 spiro atoms. The van der Waals surface area contributed by atoms with Gasteiger partial charge in [-0.25, -0.2) is 0 Å². The molecule has 0 amide bonds. The normalized spacial score (nSPS) is 8.40. The van der Waals surface area contributed by atoms with E-state index in [1.54, 1.807) is 24.3 Å². The maximum Gasteiger partial charge on any atom is 0.0991 e. The molecule has 1 aromatic carbocycles. The van der Waals surface area contributed by atoms with Crippen LogP contribution in [0, 0.1) is 11.3 Å². The zero-order chi connectivity index (χ0) is 7.40. The van der Waals surface area contributed by atoms with Gasteiger partial charge in [-0.15, -0.1) is 0 Å². The average molecular weight is 153 g/mol. The fourth-order valence-corrected chi connectivity index (χ4v) is 0.734. The van der Waals surface area contributed by atoms with Gasteiger partial charge >= 0.3 is 0 Å².